The number of hydrogen-bond donors (Lipinski definition) is 1. The number of halogens is 1. The maximum atomic E-state index is 12.0. The molecule has 0 aliphatic rings. The molecular weight excluding hydrogens is 278 g/mol. The third kappa shape index (κ3) is 2.85. The van der Waals surface area contributed by atoms with Gasteiger partial charge >= 0.3 is 0 Å². The first-order valence-corrected chi connectivity index (χ1v) is 6.97. The second kappa shape index (κ2) is 6.09. The summed E-state index contributed by atoms with van der Waals surface area (Å²) in [6.45, 7) is 7.57. The smallest absolute Gasteiger partial charge is 0.269 e. The van der Waals surface area contributed by atoms with Gasteiger partial charge in [0.25, 0.3) is 5.56 Å². The summed E-state index contributed by atoms with van der Waals surface area (Å²) in [6, 6.07) is 1.53. The van der Waals surface area contributed by atoms with Crippen LogP contribution in [0.1, 0.15) is 25.2 Å². The molecule has 2 aromatic rings. The Labute approximate surface area is 122 Å². The van der Waals surface area contributed by atoms with Crippen LogP contribution in [0.5, 0.6) is 0 Å². The van der Waals surface area contributed by atoms with Gasteiger partial charge in [0.1, 0.15) is 0 Å². The van der Waals surface area contributed by atoms with E-state index in [0.717, 1.165) is 23.6 Å². The van der Waals surface area contributed by atoms with Gasteiger partial charge in [-0.15, -0.1) is 0 Å². The normalized spacial score (nSPS) is 10.8. The van der Waals surface area contributed by atoms with E-state index in [4.69, 9.17) is 11.6 Å². The molecule has 108 valence electrons. The van der Waals surface area contributed by atoms with Gasteiger partial charge in [-0.3, -0.25) is 9.48 Å². The summed E-state index contributed by atoms with van der Waals surface area (Å²) in [5.74, 6) is 0. The molecule has 0 unspecified atom stereocenters. The van der Waals surface area contributed by atoms with Crippen LogP contribution in [0, 0.1) is 6.92 Å². The minimum Gasteiger partial charge on any atom is -0.384 e. The van der Waals surface area contributed by atoms with Crippen LogP contribution < -0.4 is 10.9 Å². The Balaban J connectivity index is 2.33. The lowest BCUT2D eigenvalue weighted by atomic mass is 10.3. The fraction of sp³-hybridized carbons (Fsp3) is 0.462. The Bertz CT molecular complexity index is 661. The minimum atomic E-state index is -0.166. The van der Waals surface area contributed by atoms with Gasteiger partial charge < -0.3 is 5.32 Å². The Morgan fingerprint density at radius 2 is 2.10 bits per heavy atom. The largest absolute Gasteiger partial charge is 0.384 e. The molecule has 0 spiro atoms. The van der Waals surface area contributed by atoms with E-state index in [1.54, 1.807) is 10.9 Å². The predicted octanol–water partition coefficient (Wildman–Crippen LogP) is 1.90. The van der Waals surface area contributed by atoms with Gasteiger partial charge in [-0.1, -0.05) is 11.6 Å². The third-order valence-corrected chi connectivity index (χ3v) is 3.49. The van der Waals surface area contributed by atoms with Gasteiger partial charge in [0.15, 0.2) is 0 Å². The Morgan fingerprint density at radius 1 is 1.35 bits per heavy atom. The lowest BCUT2D eigenvalue weighted by Crippen LogP contribution is -2.24. The van der Waals surface area contributed by atoms with Crippen LogP contribution in [-0.2, 0) is 13.1 Å². The highest BCUT2D eigenvalue weighted by atomic mass is 35.5. The monoisotopic (exact) mass is 295 g/mol. The minimum absolute atomic E-state index is 0.166. The molecule has 0 aromatic carbocycles. The number of anilines is 1. The molecule has 1 N–H and O–H groups in total. The Morgan fingerprint density at radius 3 is 2.70 bits per heavy atom. The van der Waals surface area contributed by atoms with E-state index in [-0.39, 0.29) is 5.56 Å². The first kappa shape index (κ1) is 14.6. The van der Waals surface area contributed by atoms with Crippen molar-refractivity contribution in [3.05, 3.63) is 39.0 Å². The van der Waals surface area contributed by atoms with Gasteiger partial charge in [-0.25, -0.2) is 4.68 Å². The van der Waals surface area contributed by atoms with Crippen LogP contribution >= 0.6 is 11.6 Å². The number of aryl methyl sites for hydroxylation is 2. The molecule has 0 fully saturated rings. The standard InChI is InChI=1S/C13H18ClN5O/c1-4-15-10-6-12(20)19(16-7-10)8-11-13(14)9(3)17-18(11)5-2/h6-7,15H,4-5,8H2,1-3H3. The molecule has 7 heteroatoms. The van der Waals surface area contributed by atoms with Crippen LogP contribution in [0.2, 0.25) is 5.02 Å². The fourth-order valence-electron chi connectivity index (χ4n) is 2.02. The van der Waals surface area contributed by atoms with Crippen molar-refractivity contribution in [2.24, 2.45) is 0 Å². The summed E-state index contributed by atoms with van der Waals surface area (Å²) in [4.78, 5) is 12.0. The van der Waals surface area contributed by atoms with Crippen molar-refractivity contribution < 1.29 is 0 Å². The van der Waals surface area contributed by atoms with E-state index in [0.29, 0.717) is 18.1 Å². The molecule has 20 heavy (non-hydrogen) atoms. The molecule has 6 nitrogen and oxygen atoms in total. The number of nitrogens with one attached hydrogen (secondary N) is 1. The maximum Gasteiger partial charge on any atom is 0.269 e. The highest BCUT2D eigenvalue weighted by Gasteiger charge is 2.14. The molecule has 0 amide bonds. The van der Waals surface area contributed by atoms with Crippen molar-refractivity contribution in [1.29, 1.82) is 0 Å². The molecule has 0 radical (unpaired) electrons. The van der Waals surface area contributed by atoms with Crippen molar-refractivity contribution in [3.8, 4) is 0 Å². The Kier molecular flexibility index (Phi) is 4.44. The summed E-state index contributed by atoms with van der Waals surface area (Å²) in [5.41, 5.74) is 2.12. The molecule has 0 aliphatic heterocycles. The van der Waals surface area contributed by atoms with Crippen LogP contribution in [-0.4, -0.2) is 26.1 Å². The summed E-state index contributed by atoms with van der Waals surface area (Å²) in [6.07, 6.45) is 1.64. The summed E-state index contributed by atoms with van der Waals surface area (Å²) in [7, 11) is 0. The fourth-order valence-corrected chi connectivity index (χ4v) is 2.21. The average molecular weight is 296 g/mol. The van der Waals surface area contributed by atoms with Gasteiger partial charge in [-0.2, -0.15) is 10.2 Å². The first-order chi connectivity index (χ1) is 9.56. The third-order valence-electron chi connectivity index (χ3n) is 3.00. The molecule has 0 bridgehead atoms. The maximum absolute atomic E-state index is 12.0. The van der Waals surface area contributed by atoms with Gasteiger partial charge in [-0.05, 0) is 20.8 Å². The van der Waals surface area contributed by atoms with Crippen molar-refractivity contribution in [1.82, 2.24) is 19.6 Å². The van der Waals surface area contributed by atoms with E-state index in [2.05, 4.69) is 15.5 Å². The zero-order valence-electron chi connectivity index (χ0n) is 11.9. The van der Waals surface area contributed by atoms with Crippen molar-refractivity contribution in [2.45, 2.75) is 33.9 Å². The number of rotatable bonds is 5. The summed E-state index contributed by atoms with van der Waals surface area (Å²) < 4.78 is 3.18. The first-order valence-electron chi connectivity index (χ1n) is 6.59. The lowest BCUT2D eigenvalue weighted by Gasteiger charge is -2.08. The molecule has 2 heterocycles. The number of aromatic nitrogens is 4. The van der Waals surface area contributed by atoms with Crippen molar-refractivity contribution in [3.63, 3.8) is 0 Å². The molecule has 0 saturated carbocycles. The Hall–Kier alpha value is -1.82. The van der Waals surface area contributed by atoms with E-state index in [1.165, 1.54) is 10.7 Å². The van der Waals surface area contributed by atoms with Gasteiger partial charge in [0.05, 0.1) is 34.8 Å². The van der Waals surface area contributed by atoms with E-state index >= 15 is 0 Å². The van der Waals surface area contributed by atoms with E-state index < -0.39 is 0 Å². The quantitative estimate of drug-likeness (QED) is 0.915. The average Bonchev–Trinajstić information content (AvgIpc) is 2.69. The molecule has 0 saturated heterocycles. The SMILES string of the molecule is CCNc1cnn(Cc2c(Cl)c(C)nn2CC)c(=O)c1. The van der Waals surface area contributed by atoms with Crippen LogP contribution in [0.3, 0.4) is 0 Å². The highest BCUT2D eigenvalue weighted by molar-refractivity contribution is 6.31. The molecule has 0 atom stereocenters. The zero-order valence-corrected chi connectivity index (χ0v) is 12.6. The van der Waals surface area contributed by atoms with Gasteiger partial charge in [0, 0.05) is 19.2 Å². The molecule has 2 aromatic heterocycles. The van der Waals surface area contributed by atoms with Crippen LogP contribution in [0.4, 0.5) is 5.69 Å². The van der Waals surface area contributed by atoms with Crippen molar-refractivity contribution >= 4 is 17.3 Å². The second-order valence-electron chi connectivity index (χ2n) is 4.43. The molecular formula is C13H18ClN5O. The number of hydrogen-bond acceptors (Lipinski definition) is 4. The van der Waals surface area contributed by atoms with E-state index in [9.17, 15) is 4.79 Å². The van der Waals surface area contributed by atoms with Crippen LogP contribution in [0.25, 0.3) is 0 Å². The number of nitrogens with zero attached hydrogens (tertiary/aromatic N) is 4. The molecule has 2 rings (SSSR count). The van der Waals surface area contributed by atoms with Gasteiger partial charge in [0.2, 0.25) is 0 Å². The highest BCUT2D eigenvalue weighted by Crippen LogP contribution is 2.20. The van der Waals surface area contributed by atoms with Crippen LogP contribution in [0.15, 0.2) is 17.1 Å². The topological polar surface area (TPSA) is 64.7 Å². The zero-order chi connectivity index (χ0) is 14.7. The second-order valence-corrected chi connectivity index (χ2v) is 4.81. The lowest BCUT2D eigenvalue weighted by molar-refractivity contribution is 0.559. The molecule has 0 aliphatic carbocycles. The summed E-state index contributed by atoms with van der Waals surface area (Å²) >= 11 is 6.24. The predicted molar refractivity (Wildman–Crippen MR) is 79.4 cm³/mol. The van der Waals surface area contributed by atoms with E-state index in [1.807, 2.05) is 20.8 Å². The van der Waals surface area contributed by atoms with Crippen molar-refractivity contribution in [2.75, 3.05) is 11.9 Å². The summed E-state index contributed by atoms with van der Waals surface area (Å²) in [5, 5.41) is 12.1.